The standard InChI is InChI=1S/C11H21ClN2OSi/c1-10-8-14(13-11(10)7-12)9-15-5-6-16(2,3)4/h8H,5-7,9H2,1-4H3. The molecule has 16 heavy (non-hydrogen) atoms. The predicted octanol–water partition coefficient (Wildman–Crippen LogP) is 3.24. The van der Waals surface area contributed by atoms with Gasteiger partial charge in [0.25, 0.3) is 0 Å². The fourth-order valence-electron chi connectivity index (χ4n) is 1.30. The van der Waals surface area contributed by atoms with Gasteiger partial charge in [-0.05, 0) is 18.5 Å². The summed E-state index contributed by atoms with van der Waals surface area (Å²) in [5.74, 6) is 0.466. The summed E-state index contributed by atoms with van der Waals surface area (Å²) in [6.45, 7) is 10.4. The molecule has 0 spiro atoms. The van der Waals surface area contributed by atoms with Crippen molar-refractivity contribution in [3.05, 3.63) is 17.5 Å². The third-order valence-corrected chi connectivity index (χ3v) is 4.35. The molecule has 0 aliphatic heterocycles. The van der Waals surface area contributed by atoms with E-state index in [4.69, 9.17) is 16.3 Å². The third-order valence-electron chi connectivity index (χ3n) is 2.39. The first-order valence-corrected chi connectivity index (χ1v) is 9.83. The molecule has 92 valence electrons. The zero-order valence-electron chi connectivity index (χ0n) is 10.6. The maximum atomic E-state index is 5.76. The van der Waals surface area contributed by atoms with E-state index in [9.17, 15) is 0 Å². The lowest BCUT2D eigenvalue weighted by Crippen LogP contribution is -2.22. The Bertz CT molecular complexity index is 333. The number of ether oxygens (including phenoxy) is 1. The Balaban J connectivity index is 2.32. The van der Waals surface area contributed by atoms with Gasteiger partial charge in [0.05, 0.1) is 11.6 Å². The lowest BCUT2D eigenvalue weighted by molar-refractivity contribution is 0.0783. The number of nitrogens with zero attached hydrogens (tertiary/aromatic N) is 2. The van der Waals surface area contributed by atoms with Crippen LogP contribution in [0.5, 0.6) is 0 Å². The maximum absolute atomic E-state index is 5.76. The smallest absolute Gasteiger partial charge is 0.139 e. The summed E-state index contributed by atoms with van der Waals surface area (Å²) < 4.78 is 7.42. The molecule has 0 amide bonds. The molecule has 3 nitrogen and oxygen atoms in total. The topological polar surface area (TPSA) is 27.1 Å². The summed E-state index contributed by atoms with van der Waals surface area (Å²) in [6, 6.07) is 1.19. The zero-order chi connectivity index (χ0) is 12.2. The molecule has 0 aliphatic carbocycles. The van der Waals surface area contributed by atoms with E-state index < -0.39 is 8.07 Å². The highest BCUT2D eigenvalue weighted by Crippen LogP contribution is 2.10. The van der Waals surface area contributed by atoms with Crippen LogP contribution in [-0.4, -0.2) is 24.5 Å². The van der Waals surface area contributed by atoms with Crippen molar-refractivity contribution in [2.45, 2.75) is 45.2 Å². The molecule has 1 rings (SSSR count). The number of halogens is 1. The quantitative estimate of drug-likeness (QED) is 0.446. The fourth-order valence-corrected chi connectivity index (χ4v) is 2.32. The van der Waals surface area contributed by atoms with Crippen molar-refractivity contribution in [2.24, 2.45) is 0 Å². The average Bonchev–Trinajstić information content (AvgIpc) is 2.52. The van der Waals surface area contributed by atoms with Crippen LogP contribution in [0.25, 0.3) is 0 Å². The molecule has 1 heterocycles. The molecule has 0 atom stereocenters. The van der Waals surface area contributed by atoms with Gasteiger partial charge in [-0.15, -0.1) is 11.6 Å². The summed E-state index contributed by atoms with van der Waals surface area (Å²) in [6.07, 6.45) is 1.98. The molecular weight excluding hydrogens is 240 g/mol. The highest BCUT2D eigenvalue weighted by atomic mass is 35.5. The van der Waals surface area contributed by atoms with Crippen LogP contribution in [0.15, 0.2) is 6.20 Å². The molecule has 0 radical (unpaired) electrons. The summed E-state index contributed by atoms with van der Waals surface area (Å²) in [5, 5.41) is 4.33. The van der Waals surface area contributed by atoms with Gasteiger partial charge >= 0.3 is 0 Å². The van der Waals surface area contributed by atoms with Crippen LogP contribution in [0, 0.1) is 6.92 Å². The second-order valence-electron chi connectivity index (χ2n) is 5.28. The minimum Gasteiger partial charge on any atom is -0.360 e. The van der Waals surface area contributed by atoms with Crippen LogP contribution in [0.3, 0.4) is 0 Å². The number of aromatic nitrogens is 2. The molecule has 1 aromatic rings. The van der Waals surface area contributed by atoms with Gasteiger partial charge in [-0.3, -0.25) is 0 Å². The Morgan fingerprint density at radius 2 is 2.12 bits per heavy atom. The Kier molecular flexibility index (Phi) is 5.02. The Hall–Kier alpha value is -0.323. The molecule has 0 bridgehead atoms. The van der Waals surface area contributed by atoms with E-state index in [1.165, 1.54) is 6.04 Å². The highest BCUT2D eigenvalue weighted by molar-refractivity contribution is 6.76. The summed E-state index contributed by atoms with van der Waals surface area (Å²) in [4.78, 5) is 0. The van der Waals surface area contributed by atoms with Crippen molar-refractivity contribution in [3.63, 3.8) is 0 Å². The van der Waals surface area contributed by atoms with Crippen LogP contribution in [0.2, 0.25) is 25.7 Å². The first-order chi connectivity index (χ1) is 7.42. The van der Waals surface area contributed by atoms with Crippen molar-refractivity contribution in [1.82, 2.24) is 9.78 Å². The Labute approximate surface area is 104 Å². The molecule has 0 saturated carbocycles. The van der Waals surface area contributed by atoms with Gasteiger partial charge in [0.2, 0.25) is 0 Å². The van der Waals surface area contributed by atoms with Crippen molar-refractivity contribution in [3.8, 4) is 0 Å². The molecule has 0 fully saturated rings. The number of hydrogen-bond donors (Lipinski definition) is 0. The molecule has 0 N–H and O–H groups in total. The first-order valence-electron chi connectivity index (χ1n) is 5.59. The molecule has 0 unspecified atom stereocenters. The van der Waals surface area contributed by atoms with E-state index in [1.54, 1.807) is 0 Å². The second kappa shape index (κ2) is 5.84. The summed E-state index contributed by atoms with van der Waals surface area (Å²) in [5.41, 5.74) is 2.07. The van der Waals surface area contributed by atoms with Gasteiger partial charge in [-0.2, -0.15) is 5.10 Å². The van der Waals surface area contributed by atoms with E-state index in [-0.39, 0.29) is 0 Å². The lowest BCUT2D eigenvalue weighted by Gasteiger charge is -2.15. The third kappa shape index (κ3) is 4.68. The molecule has 0 aromatic carbocycles. The monoisotopic (exact) mass is 260 g/mol. The minimum atomic E-state index is -0.984. The van der Waals surface area contributed by atoms with Gasteiger partial charge in [0.1, 0.15) is 6.73 Å². The normalized spacial score (nSPS) is 12.1. The fraction of sp³-hybridized carbons (Fsp3) is 0.727. The molecule has 5 heteroatoms. The van der Waals surface area contributed by atoms with Crippen molar-refractivity contribution in [1.29, 1.82) is 0 Å². The molecule has 1 aromatic heterocycles. The Morgan fingerprint density at radius 1 is 1.44 bits per heavy atom. The van der Waals surface area contributed by atoms with Crippen molar-refractivity contribution in [2.75, 3.05) is 6.61 Å². The van der Waals surface area contributed by atoms with Crippen LogP contribution >= 0.6 is 11.6 Å². The molecule has 0 saturated heterocycles. The number of alkyl halides is 1. The summed E-state index contributed by atoms with van der Waals surface area (Å²) in [7, 11) is -0.984. The van der Waals surface area contributed by atoms with Crippen molar-refractivity contribution >= 4 is 19.7 Å². The SMILES string of the molecule is Cc1cn(COCC[Si](C)(C)C)nc1CCl. The van der Waals surface area contributed by atoms with Crippen LogP contribution in [0.4, 0.5) is 0 Å². The second-order valence-corrected chi connectivity index (χ2v) is 11.2. The Morgan fingerprint density at radius 3 is 2.62 bits per heavy atom. The maximum Gasteiger partial charge on any atom is 0.139 e. The minimum absolute atomic E-state index is 0.466. The van der Waals surface area contributed by atoms with Gasteiger partial charge in [0.15, 0.2) is 0 Å². The van der Waals surface area contributed by atoms with Crippen molar-refractivity contribution < 1.29 is 4.74 Å². The van der Waals surface area contributed by atoms with E-state index in [0.29, 0.717) is 12.6 Å². The van der Waals surface area contributed by atoms with Gasteiger partial charge in [0, 0.05) is 20.9 Å². The van der Waals surface area contributed by atoms with Crippen LogP contribution < -0.4 is 0 Å². The zero-order valence-corrected chi connectivity index (χ0v) is 12.3. The molecular formula is C11H21ClN2OSi. The molecule has 0 aliphatic rings. The van der Waals surface area contributed by atoms with E-state index in [1.807, 2.05) is 17.8 Å². The van der Waals surface area contributed by atoms with Gasteiger partial charge in [-0.25, -0.2) is 4.68 Å². The van der Waals surface area contributed by atoms with E-state index in [2.05, 4.69) is 24.7 Å². The van der Waals surface area contributed by atoms with Gasteiger partial charge < -0.3 is 4.74 Å². The number of rotatable bonds is 6. The lowest BCUT2D eigenvalue weighted by atomic mass is 10.3. The van der Waals surface area contributed by atoms with Crippen LogP contribution in [0.1, 0.15) is 11.3 Å². The highest BCUT2D eigenvalue weighted by Gasteiger charge is 2.12. The van der Waals surface area contributed by atoms with E-state index in [0.717, 1.165) is 17.9 Å². The average molecular weight is 261 g/mol. The number of hydrogen-bond acceptors (Lipinski definition) is 2. The van der Waals surface area contributed by atoms with E-state index >= 15 is 0 Å². The predicted molar refractivity (Wildman–Crippen MR) is 70.6 cm³/mol. The summed E-state index contributed by atoms with van der Waals surface area (Å²) >= 11 is 5.76. The first kappa shape index (κ1) is 13.7. The number of aryl methyl sites for hydroxylation is 1. The van der Waals surface area contributed by atoms with Crippen LogP contribution in [-0.2, 0) is 17.3 Å². The largest absolute Gasteiger partial charge is 0.360 e. The van der Waals surface area contributed by atoms with Gasteiger partial charge in [-0.1, -0.05) is 19.6 Å².